The van der Waals surface area contributed by atoms with Crippen molar-refractivity contribution in [2.75, 3.05) is 0 Å². The van der Waals surface area contributed by atoms with Crippen LogP contribution in [0.15, 0.2) is 39.9 Å². The molecule has 0 spiro atoms. The molecule has 15 heavy (non-hydrogen) atoms. The van der Waals surface area contributed by atoms with Crippen LogP contribution in [0.4, 0.5) is 4.39 Å². The van der Waals surface area contributed by atoms with Gasteiger partial charge in [0.25, 0.3) is 5.56 Å². The van der Waals surface area contributed by atoms with Gasteiger partial charge in [-0.05, 0) is 28.1 Å². The van der Waals surface area contributed by atoms with Gasteiger partial charge in [-0.25, -0.2) is 9.37 Å². The third-order valence-corrected chi connectivity index (χ3v) is 2.63. The van der Waals surface area contributed by atoms with E-state index in [-0.39, 0.29) is 11.4 Å². The molecule has 0 aliphatic rings. The number of aromatic nitrogens is 2. The minimum Gasteiger partial charge on any atom is -0.312 e. The maximum Gasteiger partial charge on any atom is 0.265 e. The highest BCUT2D eigenvalue weighted by molar-refractivity contribution is 9.10. The van der Waals surface area contributed by atoms with Crippen molar-refractivity contribution in [2.24, 2.45) is 0 Å². The second-order valence-electron chi connectivity index (χ2n) is 2.90. The van der Waals surface area contributed by atoms with E-state index in [9.17, 15) is 9.18 Å². The lowest BCUT2D eigenvalue weighted by molar-refractivity contribution is 0.628. The van der Waals surface area contributed by atoms with Crippen molar-refractivity contribution in [2.45, 2.75) is 0 Å². The molecular formula is C10H6BrFN2O. The molecule has 0 aliphatic carbocycles. The van der Waals surface area contributed by atoms with Gasteiger partial charge < -0.3 is 4.98 Å². The number of rotatable bonds is 1. The molecule has 1 aromatic heterocycles. The molecular weight excluding hydrogens is 263 g/mol. The number of halogens is 2. The molecule has 2 aromatic rings. The summed E-state index contributed by atoms with van der Waals surface area (Å²) in [6.07, 6.45) is 1.29. The number of nitrogens with one attached hydrogen (secondary N) is 1. The van der Waals surface area contributed by atoms with Crippen LogP contribution < -0.4 is 5.56 Å². The van der Waals surface area contributed by atoms with E-state index in [1.165, 1.54) is 18.5 Å². The van der Waals surface area contributed by atoms with Crippen LogP contribution in [0.3, 0.4) is 0 Å². The fraction of sp³-hybridized carbons (Fsp3) is 0. The topological polar surface area (TPSA) is 45.8 Å². The molecule has 0 atom stereocenters. The Labute approximate surface area is 93.1 Å². The maximum absolute atomic E-state index is 13.0. The maximum atomic E-state index is 13.0. The number of H-pyrrole nitrogens is 1. The van der Waals surface area contributed by atoms with E-state index in [1.807, 2.05) is 0 Å². The summed E-state index contributed by atoms with van der Waals surface area (Å²) in [5, 5.41) is 0. The van der Waals surface area contributed by atoms with Crippen molar-refractivity contribution in [3.05, 3.63) is 51.2 Å². The molecule has 0 radical (unpaired) electrons. The second-order valence-corrected chi connectivity index (χ2v) is 3.70. The van der Waals surface area contributed by atoms with Crippen LogP contribution in [-0.4, -0.2) is 9.97 Å². The molecule has 1 heterocycles. The van der Waals surface area contributed by atoms with E-state index in [0.717, 1.165) is 0 Å². The zero-order chi connectivity index (χ0) is 10.8. The van der Waals surface area contributed by atoms with Crippen LogP contribution in [0.5, 0.6) is 0 Å². The first-order valence-electron chi connectivity index (χ1n) is 4.17. The minimum atomic E-state index is -0.360. The van der Waals surface area contributed by atoms with Gasteiger partial charge in [-0.3, -0.25) is 4.79 Å². The predicted molar refractivity (Wildman–Crippen MR) is 58.0 cm³/mol. The predicted octanol–water partition coefficient (Wildman–Crippen LogP) is 2.34. The minimum absolute atomic E-state index is 0.288. The quantitative estimate of drug-likeness (QED) is 0.863. The highest BCUT2D eigenvalue weighted by Gasteiger charge is 2.07. The van der Waals surface area contributed by atoms with Gasteiger partial charge in [-0.15, -0.1) is 0 Å². The first-order valence-corrected chi connectivity index (χ1v) is 4.97. The van der Waals surface area contributed by atoms with Gasteiger partial charge in [0, 0.05) is 5.56 Å². The first kappa shape index (κ1) is 10.0. The lowest BCUT2D eigenvalue weighted by atomic mass is 10.1. The fourth-order valence-electron chi connectivity index (χ4n) is 1.22. The van der Waals surface area contributed by atoms with Crippen LogP contribution >= 0.6 is 15.9 Å². The summed E-state index contributed by atoms with van der Waals surface area (Å²) in [4.78, 5) is 17.7. The summed E-state index contributed by atoms with van der Waals surface area (Å²) < 4.78 is 13.3. The normalized spacial score (nSPS) is 10.3. The van der Waals surface area contributed by atoms with Crippen LogP contribution in [0.2, 0.25) is 0 Å². The third-order valence-electron chi connectivity index (χ3n) is 1.89. The van der Waals surface area contributed by atoms with Gasteiger partial charge in [0.1, 0.15) is 10.3 Å². The second kappa shape index (κ2) is 3.94. The van der Waals surface area contributed by atoms with Crippen molar-refractivity contribution in [3.63, 3.8) is 0 Å². The van der Waals surface area contributed by atoms with Gasteiger partial charge >= 0.3 is 0 Å². The molecule has 1 N–H and O–H groups in total. The van der Waals surface area contributed by atoms with Gasteiger partial charge in [-0.1, -0.05) is 12.1 Å². The standard InChI is InChI=1S/C10H6BrFN2O/c11-8-9(13-5-14-10(8)15)6-2-1-3-7(12)4-6/h1-5H,(H,13,14,15). The Balaban J connectivity index is 2.64. The van der Waals surface area contributed by atoms with Crippen molar-refractivity contribution in [1.82, 2.24) is 9.97 Å². The molecule has 0 bridgehead atoms. The molecule has 0 fully saturated rings. The SMILES string of the molecule is O=c1[nH]cnc(-c2cccc(F)c2)c1Br. The summed E-state index contributed by atoms with van der Waals surface area (Å²) in [6, 6.07) is 5.92. The van der Waals surface area contributed by atoms with E-state index >= 15 is 0 Å². The van der Waals surface area contributed by atoms with Gasteiger partial charge in [0.15, 0.2) is 0 Å². The molecule has 0 amide bonds. The molecule has 1 aromatic carbocycles. The molecule has 2 rings (SSSR count). The Morgan fingerprint density at radius 1 is 1.40 bits per heavy atom. The summed E-state index contributed by atoms with van der Waals surface area (Å²) in [5.74, 6) is -0.360. The lowest BCUT2D eigenvalue weighted by Gasteiger charge is -2.01. The highest BCUT2D eigenvalue weighted by atomic mass is 79.9. The van der Waals surface area contributed by atoms with Crippen molar-refractivity contribution in [3.8, 4) is 11.3 Å². The fourth-order valence-corrected chi connectivity index (χ4v) is 1.67. The van der Waals surface area contributed by atoms with E-state index in [1.54, 1.807) is 12.1 Å². The smallest absolute Gasteiger partial charge is 0.265 e. The Morgan fingerprint density at radius 2 is 2.20 bits per heavy atom. The number of nitrogens with zero attached hydrogens (tertiary/aromatic N) is 1. The lowest BCUT2D eigenvalue weighted by Crippen LogP contribution is -2.08. The van der Waals surface area contributed by atoms with Crippen LogP contribution in [0.25, 0.3) is 11.3 Å². The van der Waals surface area contributed by atoms with Gasteiger partial charge in [0.05, 0.1) is 12.0 Å². The van der Waals surface area contributed by atoms with E-state index in [0.29, 0.717) is 15.7 Å². The van der Waals surface area contributed by atoms with Crippen LogP contribution in [-0.2, 0) is 0 Å². The summed E-state index contributed by atoms with van der Waals surface area (Å²) in [7, 11) is 0. The zero-order valence-corrected chi connectivity index (χ0v) is 9.08. The van der Waals surface area contributed by atoms with Gasteiger partial charge in [-0.2, -0.15) is 0 Å². The van der Waals surface area contributed by atoms with Crippen LogP contribution in [0, 0.1) is 5.82 Å². The number of hydrogen-bond donors (Lipinski definition) is 1. The van der Waals surface area contributed by atoms with Crippen LogP contribution in [0.1, 0.15) is 0 Å². The summed E-state index contributed by atoms with van der Waals surface area (Å²) in [6.45, 7) is 0. The Morgan fingerprint density at radius 3 is 2.93 bits per heavy atom. The van der Waals surface area contributed by atoms with Gasteiger partial charge in [0.2, 0.25) is 0 Å². The van der Waals surface area contributed by atoms with E-state index in [2.05, 4.69) is 25.9 Å². The number of benzene rings is 1. The zero-order valence-electron chi connectivity index (χ0n) is 7.50. The van der Waals surface area contributed by atoms with E-state index in [4.69, 9.17) is 0 Å². The van der Waals surface area contributed by atoms with Crippen molar-refractivity contribution >= 4 is 15.9 Å². The first-order chi connectivity index (χ1) is 7.18. The third kappa shape index (κ3) is 1.97. The monoisotopic (exact) mass is 268 g/mol. The Hall–Kier alpha value is -1.49. The van der Waals surface area contributed by atoms with E-state index < -0.39 is 0 Å². The molecule has 76 valence electrons. The average Bonchev–Trinajstić information content (AvgIpc) is 2.22. The molecule has 0 aliphatic heterocycles. The van der Waals surface area contributed by atoms with Crippen molar-refractivity contribution < 1.29 is 4.39 Å². The Kier molecular flexibility index (Phi) is 2.64. The Bertz CT molecular complexity index is 553. The molecule has 0 saturated heterocycles. The average molecular weight is 269 g/mol. The molecule has 0 unspecified atom stereocenters. The highest BCUT2D eigenvalue weighted by Crippen LogP contribution is 2.22. The number of aromatic amines is 1. The molecule has 3 nitrogen and oxygen atoms in total. The molecule has 0 saturated carbocycles. The summed E-state index contributed by atoms with van der Waals surface area (Å²) >= 11 is 3.11. The van der Waals surface area contributed by atoms with Crippen molar-refractivity contribution in [1.29, 1.82) is 0 Å². The molecule has 5 heteroatoms. The largest absolute Gasteiger partial charge is 0.312 e. The summed E-state index contributed by atoms with van der Waals surface area (Å²) in [5.41, 5.74) is 0.704. The number of hydrogen-bond acceptors (Lipinski definition) is 2.